The molecule has 2 N–H and O–H groups in total. The highest BCUT2D eigenvalue weighted by Gasteiger charge is 2.17. The second kappa shape index (κ2) is 6.36. The van der Waals surface area contributed by atoms with E-state index >= 15 is 0 Å². The van der Waals surface area contributed by atoms with Crippen LogP contribution in [0.4, 0.5) is 0 Å². The van der Waals surface area contributed by atoms with Gasteiger partial charge in [0, 0.05) is 18.7 Å². The van der Waals surface area contributed by atoms with Gasteiger partial charge in [-0.1, -0.05) is 12.1 Å². The van der Waals surface area contributed by atoms with Gasteiger partial charge in [-0.2, -0.15) is 0 Å². The van der Waals surface area contributed by atoms with E-state index in [9.17, 15) is 4.79 Å². The van der Waals surface area contributed by atoms with Crippen LogP contribution in [0.25, 0.3) is 10.1 Å². The Kier molecular flexibility index (Phi) is 4.27. The molecule has 0 aliphatic heterocycles. The number of primary amides is 1. The van der Waals surface area contributed by atoms with Gasteiger partial charge in [0.15, 0.2) is 5.75 Å². The number of hydrogen-bond donors (Lipinski definition) is 1. The summed E-state index contributed by atoms with van der Waals surface area (Å²) in [6.45, 7) is 2.43. The molecule has 0 unspecified atom stereocenters. The second-order valence-electron chi connectivity index (χ2n) is 5.11. The number of aryl methyl sites for hydroxylation is 1. The number of hydrogen-bond acceptors (Lipinski definition) is 5. The highest BCUT2D eigenvalue weighted by molar-refractivity contribution is 7.21. The van der Waals surface area contributed by atoms with Gasteiger partial charge in [-0.3, -0.25) is 9.78 Å². The molecule has 118 valence electrons. The number of pyridine rings is 1. The summed E-state index contributed by atoms with van der Waals surface area (Å²) in [5, 5.41) is 0.875. The van der Waals surface area contributed by atoms with Crippen LogP contribution in [0.1, 0.15) is 20.8 Å². The minimum Gasteiger partial charge on any atom is -0.455 e. The fraction of sp³-hybridized carbons (Fsp3) is 0.176. The fourth-order valence-electron chi connectivity index (χ4n) is 2.43. The predicted octanol–water partition coefficient (Wildman–Crippen LogP) is 3.64. The molecule has 0 fully saturated rings. The first-order chi connectivity index (χ1) is 11.1. The van der Waals surface area contributed by atoms with E-state index < -0.39 is 5.91 Å². The Bertz CT molecular complexity index is 856. The molecule has 0 spiro atoms. The Hall–Kier alpha value is -2.44. The topological polar surface area (TPSA) is 74.4 Å². The normalized spacial score (nSPS) is 10.9. The number of benzene rings is 1. The molecular formula is C17H16N2O3S. The van der Waals surface area contributed by atoms with E-state index in [-0.39, 0.29) is 0 Å². The molecule has 2 aromatic heterocycles. The summed E-state index contributed by atoms with van der Waals surface area (Å²) in [7, 11) is 1.66. The Morgan fingerprint density at radius 1 is 1.26 bits per heavy atom. The summed E-state index contributed by atoms with van der Waals surface area (Å²) in [6.07, 6.45) is 3.36. The lowest BCUT2D eigenvalue weighted by Crippen LogP contribution is -2.09. The number of rotatable bonds is 5. The molecule has 0 saturated heterocycles. The third-order valence-electron chi connectivity index (χ3n) is 3.49. The highest BCUT2D eigenvalue weighted by Crippen LogP contribution is 2.37. The van der Waals surface area contributed by atoms with E-state index in [0.29, 0.717) is 23.0 Å². The summed E-state index contributed by atoms with van der Waals surface area (Å²) in [4.78, 5) is 16.2. The van der Waals surface area contributed by atoms with Crippen LogP contribution in [0.3, 0.4) is 0 Å². The van der Waals surface area contributed by atoms with Crippen molar-refractivity contribution in [2.45, 2.75) is 13.5 Å². The summed E-state index contributed by atoms with van der Waals surface area (Å²) < 4.78 is 11.9. The molecule has 23 heavy (non-hydrogen) atoms. The molecule has 6 heteroatoms. The van der Waals surface area contributed by atoms with Gasteiger partial charge in [0.1, 0.15) is 5.75 Å². The molecular weight excluding hydrogens is 312 g/mol. The minimum atomic E-state index is -0.432. The Morgan fingerprint density at radius 3 is 2.65 bits per heavy atom. The average molecular weight is 328 g/mol. The standard InChI is InChI=1S/C17H16N2O3S/c1-10-15-13(7-19-8-14(15)23-16(10)17(18)20)22-12-5-3-11(4-6-12)9-21-2/h3-8H,9H2,1-2H3,(H2,18,20). The predicted molar refractivity (Wildman–Crippen MR) is 90.1 cm³/mol. The van der Waals surface area contributed by atoms with Crippen LogP contribution in [0.15, 0.2) is 36.7 Å². The molecule has 3 rings (SSSR count). The van der Waals surface area contributed by atoms with Crippen molar-refractivity contribution in [1.29, 1.82) is 0 Å². The summed E-state index contributed by atoms with van der Waals surface area (Å²) >= 11 is 1.33. The third-order valence-corrected chi connectivity index (χ3v) is 4.73. The molecule has 0 aliphatic carbocycles. The molecule has 0 radical (unpaired) electrons. The number of carbonyl (C=O) groups is 1. The highest BCUT2D eigenvalue weighted by atomic mass is 32.1. The lowest BCUT2D eigenvalue weighted by molar-refractivity contribution is 0.100. The summed E-state index contributed by atoms with van der Waals surface area (Å²) in [5.41, 5.74) is 7.32. The summed E-state index contributed by atoms with van der Waals surface area (Å²) in [6, 6.07) is 7.65. The number of carbonyl (C=O) groups excluding carboxylic acids is 1. The average Bonchev–Trinajstić information content (AvgIpc) is 2.88. The smallest absolute Gasteiger partial charge is 0.259 e. The van der Waals surface area contributed by atoms with Gasteiger partial charge in [0.2, 0.25) is 0 Å². The van der Waals surface area contributed by atoms with Gasteiger partial charge < -0.3 is 15.2 Å². The number of fused-ring (bicyclic) bond motifs is 1. The van der Waals surface area contributed by atoms with E-state index in [2.05, 4.69) is 4.98 Å². The number of aromatic nitrogens is 1. The second-order valence-corrected chi connectivity index (χ2v) is 6.16. The molecule has 0 atom stereocenters. The largest absolute Gasteiger partial charge is 0.455 e. The van der Waals surface area contributed by atoms with Crippen molar-refractivity contribution < 1.29 is 14.3 Å². The zero-order valence-electron chi connectivity index (χ0n) is 12.8. The molecule has 0 aliphatic rings. The monoisotopic (exact) mass is 328 g/mol. The van der Waals surface area contributed by atoms with Crippen molar-refractivity contribution in [2.24, 2.45) is 5.73 Å². The number of amides is 1. The number of ether oxygens (including phenoxy) is 2. The zero-order chi connectivity index (χ0) is 16.4. The van der Waals surface area contributed by atoms with Gasteiger partial charge in [-0.15, -0.1) is 11.3 Å². The molecule has 5 nitrogen and oxygen atoms in total. The number of methoxy groups -OCH3 is 1. The van der Waals surface area contributed by atoms with Crippen LogP contribution in [-0.2, 0) is 11.3 Å². The van der Waals surface area contributed by atoms with Gasteiger partial charge in [-0.25, -0.2) is 0 Å². The van der Waals surface area contributed by atoms with Gasteiger partial charge in [0.25, 0.3) is 5.91 Å². The first-order valence-corrected chi connectivity index (χ1v) is 7.84. The van der Waals surface area contributed by atoms with Crippen molar-refractivity contribution in [3.63, 3.8) is 0 Å². The van der Waals surface area contributed by atoms with E-state index in [4.69, 9.17) is 15.2 Å². The van der Waals surface area contributed by atoms with Crippen LogP contribution >= 0.6 is 11.3 Å². The maximum Gasteiger partial charge on any atom is 0.259 e. The first kappa shape index (κ1) is 15.5. The van der Waals surface area contributed by atoms with Crippen LogP contribution < -0.4 is 10.5 Å². The fourth-order valence-corrected chi connectivity index (χ4v) is 3.48. The van der Waals surface area contributed by atoms with Crippen molar-refractivity contribution in [2.75, 3.05) is 7.11 Å². The zero-order valence-corrected chi connectivity index (χ0v) is 13.6. The number of thiophene rings is 1. The third kappa shape index (κ3) is 3.04. The van der Waals surface area contributed by atoms with Crippen molar-refractivity contribution in [3.05, 3.63) is 52.7 Å². The Labute approximate surface area is 137 Å². The number of nitrogens with zero attached hydrogens (tertiary/aromatic N) is 1. The van der Waals surface area contributed by atoms with E-state index in [0.717, 1.165) is 21.2 Å². The molecule has 1 amide bonds. The summed E-state index contributed by atoms with van der Waals surface area (Å²) in [5.74, 6) is 0.882. The van der Waals surface area contributed by atoms with Gasteiger partial charge in [-0.05, 0) is 30.2 Å². The molecule has 0 saturated carbocycles. The Morgan fingerprint density at radius 2 is 2.00 bits per heavy atom. The molecule has 2 heterocycles. The number of nitrogens with two attached hydrogens (primary N) is 1. The first-order valence-electron chi connectivity index (χ1n) is 7.02. The minimum absolute atomic E-state index is 0.432. The molecule has 1 aromatic carbocycles. The van der Waals surface area contributed by atoms with E-state index in [1.54, 1.807) is 19.5 Å². The van der Waals surface area contributed by atoms with Gasteiger partial charge >= 0.3 is 0 Å². The lowest BCUT2D eigenvalue weighted by Gasteiger charge is -2.08. The Balaban J connectivity index is 1.98. The molecule has 0 bridgehead atoms. The van der Waals surface area contributed by atoms with Crippen molar-refractivity contribution >= 4 is 27.3 Å². The quantitative estimate of drug-likeness (QED) is 0.776. The maximum absolute atomic E-state index is 11.5. The van der Waals surface area contributed by atoms with E-state index in [1.165, 1.54) is 11.3 Å². The van der Waals surface area contributed by atoms with E-state index in [1.807, 2.05) is 31.2 Å². The van der Waals surface area contributed by atoms with Crippen LogP contribution in [-0.4, -0.2) is 18.0 Å². The maximum atomic E-state index is 11.5. The SMILES string of the molecule is COCc1ccc(Oc2cncc3sc(C(N)=O)c(C)c23)cc1. The van der Waals surface area contributed by atoms with Gasteiger partial charge in [0.05, 0.1) is 22.4 Å². The lowest BCUT2D eigenvalue weighted by atomic mass is 10.1. The van der Waals surface area contributed by atoms with Crippen LogP contribution in [0.2, 0.25) is 0 Å². The van der Waals surface area contributed by atoms with Crippen molar-refractivity contribution in [3.8, 4) is 11.5 Å². The molecule has 3 aromatic rings. The van der Waals surface area contributed by atoms with Crippen molar-refractivity contribution in [1.82, 2.24) is 4.98 Å². The van der Waals surface area contributed by atoms with Crippen LogP contribution in [0, 0.1) is 6.92 Å². The van der Waals surface area contributed by atoms with Crippen LogP contribution in [0.5, 0.6) is 11.5 Å².